The Morgan fingerprint density at radius 3 is 2.58 bits per heavy atom. The molecule has 2 heterocycles. The quantitative estimate of drug-likeness (QED) is 0.166. The summed E-state index contributed by atoms with van der Waals surface area (Å²) in [5, 5.41) is 10.1. The first-order chi connectivity index (χ1) is 18.5. The van der Waals surface area contributed by atoms with Crippen LogP contribution in [0.15, 0.2) is 79.0 Å². The average molecular weight is 514 g/mol. The summed E-state index contributed by atoms with van der Waals surface area (Å²) < 4.78 is 20.1. The topological polar surface area (TPSA) is 83.1 Å². The van der Waals surface area contributed by atoms with Gasteiger partial charge in [-0.2, -0.15) is 9.49 Å². The molecule has 4 rings (SSSR count). The van der Waals surface area contributed by atoms with Crippen molar-refractivity contribution in [2.45, 2.75) is 13.3 Å². The molecule has 0 radical (unpaired) electrons. The lowest BCUT2D eigenvalue weighted by Gasteiger charge is -2.16. The number of ether oxygens (including phenoxy) is 1. The highest BCUT2D eigenvalue weighted by Crippen LogP contribution is 2.35. The second-order valence-electron chi connectivity index (χ2n) is 8.92. The van der Waals surface area contributed by atoms with Crippen molar-refractivity contribution in [3.05, 3.63) is 102 Å². The Kier molecular flexibility index (Phi) is 9.00. The van der Waals surface area contributed by atoms with E-state index in [4.69, 9.17) is 4.74 Å². The van der Waals surface area contributed by atoms with Crippen LogP contribution in [-0.4, -0.2) is 59.8 Å². The predicted octanol–water partition coefficient (Wildman–Crippen LogP) is 5.08. The van der Waals surface area contributed by atoms with Gasteiger partial charge in [-0.15, -0.1) is 0 Å². The van der Waals surface area contributed by atoms with E-state index in [1.54, 1.807) is 26.4 Å². The van der Waals surface area contributed by atoms with Gasteiger partial charge in [-0.05, 0) is 46.9 Å². The summed E-state index contributed by atoms with van der Waals surface area (Å²) in [5.41, 5.74) is 5.61. The molecule has 38 heavy (non-hydrogen) atoms. The van der Waals surface area contributed by atoms with Crippen molar-refractivity contribution in [2.75, 3.05) is 33.8 Å². The molecule has 196 valence electrons. The van der Waals surface area contributed by atoms with Gasteiger partial charge >= 0.3 is 0 Å². The molecular formula is C30H32FN5O2. The number of amides is 1. The maximum atomic E-state index is 14.3. The van der Waals surface area contributed by atoms with Crippen LogP contribution in [0.5, 0.6) is 5.88 Å². The van der Waals surface area contributed by atoms with Crippen LogP contribution in [0.25, 0.3) is 22.0 Å². The Hall–Kier alpha value is -4.30. The number of carbonyl (C=O) groups excluding carboxylic acids is 1. The molecule has 0 fully saturated rings. The summed E-state index contributed by atoms with van der Waals surface area (Å²) in [6.45, 7) is 3.73. The van der Waals surface area contributed by atoms with E-state index in [1.807, 2.05) is 48.5 Å². The third-order valence-corrected chi connectivity index (χ3v) is 6.09. The Balaban J connectivity index is 1.53. The molecule has 1 amide bonds. The van der Waals surface area contributed by atoms with Crippen molar-refractivity contribution < 1.29 is 13.9 Å². The van der Waals surface area contributed by atoms with E-state index in [1.165, 1.54) is 11.0 Å². The van der Waals surface area contributed by atoms with E-state index in [2.05, 4.69) is 39.6 Å². The minimum atomic E-state index is -0.450. The summed E-state index contributed by atoms with van der Waals surface area (Å²) in [4.78, 5) is 17.6. The van der Waals surface area contributed by atoms with Gasteiger partial charge in [0.25, 0.3) is 0 Å². The van der Waals surface area contributed by atoms with Crippen LogP contribution in [0.1, 0.15) is 30.0 Å². The molecule has 0 atom stereocenters. The zero-order valence-corrected chi connectivity index (χ0v) is 21.9. The van der Waals surface area contributed by atoms with Crippen molar-refractivity contribution in [1.29, 1.82) is 0 Å². The van der Waals surface area contributed by atoms with Crippen LogP contribution in [0.3, 0.4) is 0 Å². The molecule has 2 aromatic carbocycles. The van der Waals surface area contributed by atoms with Gasteiger partial charge in [-0.25, -0.2) is 4.98 Å². The van der Waals surface area contributed by atoms with Gasteiger partial charge in [0.05, 0.1) is 10.9 Å². The van der Waals surface area contributed by atoms with Gasteiger partial charge in [0, 0.05) is 51.1 Å². The molecule has 0 aliphatic rings. The average Bonchev–Trinajstić information content (AvgIpc) is 3.31. The molecule has 0 saturated heterocycles. The summed E-state index contributed by atoms with van der Waals surface area (Å²) in [5.74, 6) is 0.0191. The number of nitrogens with one attached hydrogen (secondary N) is 2. The first-order valence-electron chi connectivity index (χ1n) is 12.6. The predicted molar refractivity (Wildman–Crippen MR) is 149 cm³/mol. The number of aromatic amines is 1. The maximum absolute atomic E-state index is 14.3. The number of benzene rings is 2. The lowest BCUT2D eigenvalue weighted by atomic mass is 9.88. The summed E-state index contributed by atoms with van der Waals surface area (Å²) in [6, 6.07) is 19.6. The molecule has 0 aliphatic heterocycles. The van der Waals surface area contributed by atoms with Crippen LogP contribution < -0.4 is 10.1 Å². The van der Waals surface area contributed by atoms with Crippen molar-refractivity contribution in [2.24, 2.45) is 0 Å². The number of aromatic nitrogens is 3. The van der Waals surface area contributed by atoms with Crippen molar-refractivity contribution in [3.8, 4) is 5.88 Å². The highest BCUT2D eigenvalue weighted by molar-refractivity contribution is 6.00. The fourth-order valence-electron chi connectivity index (χ4n) is 4.15. The number of allylic oxidation sites excluding steroid dienone is 1. The molecule has 2 aromatic heterocycles. The smallest absolute Gasteiger partial charge is 0.245 e. The van der Waals surface area contributed by atoms with Gasteiger partial charge in [0.1, 0.15) is 6.61 Å². The van der Waals surface area contributed by atoms with Crippen molar-refractivity contribution in [3.63, 3.8) is 0 Å². The van der Waals surface area contributed by atoms with Gasteiger partial charge in [0.15, 0.2) is 0 Å². The van der Waals surface area contributed by atoms with Crippen LogP contribution in [0, 0.1) is 5.95 Å². The summed E-state index contributed by atoms with van der Waals surface area (Å²) in [6.07, 6.45) is 5.90. The van der Waals surface area contributed by atoms with E-state index in [0.717, 1.165) is 34.3 Å². The van der Waals surface area contributed by atoms with Crippen LogP contribution in [0.4, 0.5) is 4.39 Å². The first-order valence-corrected chi connectivity index (χ1v) is 12.6. The van der Waals surface area contributed by atoms with E-state index < -0.39 is 5.95 Å². The number of likely N-dealkylation sites (N-methyl/N-ethyl adjacent to an activating group) is 1. The van der Waals surface area contributed by atoms with E-state index in [9.17, 15) is 9.18 Å². The van der Waals surface area contributed by atoms with E-state index >= 15 is 0 Å². The molecule has 0 aliphatic carbocycles. The normalized spacial score (nSPS) is 12.1. The van der Waals surface area contributed by atoms with Crippen molar-refractivity contribution in [1.82, 2.24) is 25.4 Å². The van der Waals surface area contributed by atoms with E-state index in [-0.39, 0.29) is 5.91 Å². The van der Waals surface area contributed by atoms with Gasteiger partial charge in [-0.1, -0.05) is 49.4 Å². The lowest BCUT2D eigenvalue weighted by molar-refractivity contribution is -0.123. The fraction of sp³-hybridized carbons (Fsp3) is 0.233. The zero-order valence-electron chi connectivity index (χ0n) is 21.9. The molecule has 0 saturated carbocycles. The molecule has 0 spiro atoms. The summed E-state index contributed by atoms with van der Waals surface area (Å²) >= 11 is 0. The second kappa shape index (κ2) is 12.8. The monoisotopic (exact) mass is 513 g/mol. The Morgan fingerprint density at radius 1 is 1.08 bits per heavy atom. The number of halogens is 1. The molecule has 0 bridgehead atoms. The maximum Gasteiger partial charge on any atom is 0.245 e. The Bertz CT molecular complexity index is 1430. The standard InChI is InChI=1S/C30H32FN5O2/c1-4-24(21-9-6-5-7-10-21)29(22-12-14-26-25(19-22)30(31)35-34-26)23-13-15-27(33-20-23)38-18-17-32-16-8-11-28(37)36(2)3/h5-15,19-20,32H,4,16-18H2,1-3H3,(H,34,35). The van der Waals surface area contributed by atoms with Gasteiger partial charge in [0.2, 0.25) is 17.7 Å². The number of carbonyl (C=O) groups is 1. The first kappa shape index (κ1) is 26.8. The highest BCUT2D eigenvalue weighted by Gasteiger charge is 2.16. The number of H-pyrrole nitrogens is 1. The minimum absolute atomic E-state index is 0.0472. The number of hydrogen-bond donors (Lipinski definition) is 2. The molecule has 7 nitrogen and oxygen atoms in total. The molecule has 0 unspecified atom stereocenters. The van der Waals surface area contributed by atoms with Gasteiger partial charge < -0.3 is 15.0 Å². The third-order valence-electron chi connectivity index (χ3n) is 6.09. The largest absolute Gasteiger partial charge is 0.476 e. The van der Waals surface area contributed by atoms with Gasteiger partial charge in [-0.3, -0.25) is 9.89 Å². The lowest BCUT2D eigenvalue weighted by Crippen LogP contribution is -2.22. The van der Waals surface area contributed by atoms with Crippen LogP contribution in [-0.2, 0) is 4.79 Å². The molecule has 4 aromatic rings. The number of pyridine rings is 1. The zero-order chi connectivity index (χ0) is 26.9. The molecular weight excluding hydrogens is 481 g/mol. The summed E-state index contributed by atoms with van der Waals surface area (Å²) in [7, 11) is 3.43. The van der Waals surface area contributed by atoms with Crippen molar-refractivity contribution >= 4 is 28.0 Å². The van der Waals surface area contributed by atoms with Crippen LogP contribution >= 0.6 is 0 Å². The van der Waals surface area contributed by atoms with E-state index in [0.29, 0.717) is 36.5 Å². The van der Waals surface area contributed by atoms with Crippen LogP contribution in [0.2, 0.25) is 0 Å². The molecule has 8 heteroatoms. The highest BCUT2D eigenvalue weighted by atomic mass is 19.1. The Labute approximate surface area is 222 Å². The molecule has 2 N–H and O–H groups in total. The third kappa shape index (κ3) is 6.52. The fourth-order valence-corrected chi connectivity index (χ4v) is 4.15. The number of fused-ring (bicyclic) bond motifs is 1. The minimum Gasteiger partial charge on any atom is -0.476 e. The Morgan fingerprint density at radius 2 is 1.87 bits per heavy atom. The SMILES string of the molecule is CCC(=C(c1ccc(OCCNCC=CC(=O)N(C)C)nc1)c1ccc2n[nH]c(F)c2c1)c1ccccc1. The number of hydrogen-bond acceptors (Lipinski definition) is 5. The second-order valence-corrected chi connectivity index (χ2v) is 8.92. The number of nitrogens with zero attached hydrogens (tertiary/aromatic N) is 3. The number of rotatable bonds is 11.